The maximum atomic E-state index is 15.0. The number of hydrogen-bond acceptors (Lipinski definition) is 10. The predicted molar refractivity (Wildman–Crippen MR) is 167 cm³/mol. The van der Waals surface area contributed by atoms with Gasteiger partial charge < -0.3 is 29.3 Å². The normalized spacial score (nSPS) is 19.2. The minimum absolute atomic E-state index is 0.0455. The molecule has 1 N–H and O–H groups in total. The van der Waals surface area contributed by atoms with Crippen LogP contribution < -0.4 is 15.1 Å². The third-order valence-electron chi connectivity index (χ3n) is 8.29. The maximum Gasteiger partial charge on any atom is 0.407 e. The summed E-state index contributed by atoms with van der Waals surface area (Å²) in [5.74, 6) is 0.417. The maximum absolute atomic E-state index is 15.0. The lowest BCUT2D eigenvalue weighted by Gasteiger charge is -2.35. The van der Waals surface area contributed by atoms with Crippen LogP contribution in [0.5, 0.6) is 0 Å². The molecule has 0 aliphatic carbocycles. The van der Waals surface area contributed by atoms with Crippen LogP contribution in [0, 0.1) is 12.7 Å². The highest BCUT2D eigenvalue weighted by Gasteiger charge is 2.38. The highest BCUT2D eigenvalue weighted by Crippen LogP contribution is 2.32. The Kier molecular flexibility index (Phi) is 9.26. The summed E-state index contributed by atoms with van der Waals surface area (Å²) >= 11 is 0. The number of halogens is 1. The Morgan fingerprint density at radius 3 is 2.42 bits per heavy atom. The van der Waals surface area contributed by atoms with Gasteiger partial charge in [0.2, 0.25) is 5.95 Å². The first-order valence-corrected chi connectivity index (χ1v) is 15.5. The fourth-order valence-electron chi connectivity index (χ4n) is 5.83. The summed E-state index contributed by atoms with van der Waals surface area (Å²) in [5.41, 5.74) is 1.14. The zero-order valence-electron chi connectivity index (χ0n) is 27.1. The van der Waals surface area contributed by atoms with E-state index in [1.165, 1.54) is 18.5 Å². The van der Waals surface area contributed by atoms with E-state index < -0.39 is 17.7 Å². The number of amides is 2. The van der Waals surface area contributed by atoms with Crippen molar-refractivity contribution in [1.82, 2.24) is 30.3 Å². The molecule has 2 aliphatic rings. The van der Waals surface area contributed by atoms with Gasteiger partial charge in [-0.2, -0.15) is 4.98 Å². The minimum Gasteiger partial charge on any atom is -0.444 e. The number of benzene rings is 1. The zero-order valence-corrected chi connectivity index (χ0v) is 27.1. The van der Waals surface area contributed by atoms with Gasteiger partial charge in [0.05, 0.1) is 11.6 Å². The molecule has 13 heteroatoms. The second kappa shape index (κ2) is 13.0. The minimum atomic E-state index is -0.673. The van der Waals surface area contributed by atoms with Gasteiger partial charge in [0.25, 0.3) is 5.91 Å². The number of hydrogen-bond donors (Lipinski definition) is 1. The van der Waals surface area contributed by atoms with Gasteiger partial charge in [-0.15, -0.1) is 0 Å². The molecule has 2 amide bonds. The number of piperidine rings is 1. The predicted octanol–water partition coefficient (Wildman–Crippen LogP) is 4.67. The third-order valence-corrected chi connectivity index (χ3v) is 8.29. The molecule has 2 aromatic heterocycles. The number of ether oxygens (including phenoxy) is 1. The van der Waals surface area contributed by atoms with Crippen LogP contribution >= 0.6 is 0 Å². The number of nitrogens with one attached hydrogen (secondary N) is 1. The first-order chi connectivity index (χ1) is 21.3. The Balaban J connectivity index is 1.24. The molecule has 0 radical (unpaired) electrons. The van der Waals surface area contributed by atoms with E-state index in [0.29, 0.717) is 55.1 Å². The van der Waals surface area contributed by atoms with E-state index in [1.807, 2.05) is 25.7 Å². The van der Waals surface area contributed by atoms with Crippen LogP contribution in [-0.4, -0.2) is 87.9 Å². The number of alkyl carbamates (subject to hydrolysis) is 1. The lowest BCUT2D eigenvalue weighted by atomic mass is 9.92. The number of carbonyl (C=O) groups excluding carboxylic acids is 2. The third kappa shape index (κ3) is 7.51. The van der Waals surface area contributed by atoms with E-state index in [-0.39, 0.29) is 29.6 Å². The molecule has 2 saturated heterocycles. The first-order valence-electron chi connectivity index (χ1n) is 15.5. The fourth-order valence-corrected chi connectivity index (χ4v) is 5.83. The van der Waals surface area contributed by atoms with Crippen molar-refractivity contribution >= 4 is 24.0 Å². The molecular weight excluding hydrogens is 579 g/mol. The second-order valence-electron chi connectivity index (χ2n) is 13.3. The van der Waals surface area contributed by atoms with Gasteiger partial charge in [0.1, 0.15) is 11.4 Å². The van der Waals surface area contributed by atoms with E-state index in [4.69, 9.17) is 9.26 Å². The molecule has 3 aromatic rings. The van der Waals surface area contributed by atoms with Crippen LogP contribution in [0.25, 0.3) is 0 Å². The first kappa shape index (κ1) is 32.1. The molecule has 5 rings (SSSR count). The molecule has 242 valence electrons. The Morgan fingerprint density at radius 2 is 1.80 bits per heavy atom. The zero-order chi connectivity index (χ0) is 32.5. The highest BCUT2D eigenvalue weighted by molar-refractivity contribution is 5.93. The number of anilines is 2. The average molecular weight is 623 g/mol. The molecule has 12 nitrogen and oxygen atoms in total. The van der Waals surface area contributed by atoms with Crippen LogP contribution in [0.4, 0.5) is 21.1 Å². The SMILES string of the molecule is Cc1ccc(F)c(C2CN(c3ncc(C(=O)N(C)C4CCN(c5nc(C(C)C)no5)CC4)cn3)C[C@@H]2NC(=O)OC(C)(C)C)c1. The summed E-state index contributed by atoms with van der Waals surface area (Å²) in [6.07, 6.45) is 4.01. The topological polar surface area (TPSA) is 130 Å². The quantitative estimate of drug-likeness (QED) is 0.397. The second-order valence-corrected chi connectivity index (χ2v) is 13.3. The monoisotopic (exact) mass is 622 g/mol. The van der Waals surface area contributed by atoms with Crippen molar-refractivity contribution in [3.8, 4) is 0 Å². The molecule has 2 atom stereocenters. The molecule has 2 fully saturated rings. The Bertz CT molecular complexity index is 1500. The van der Waals surface area contributed by atoms with Crippen molar-refractivity contribution in [2.45, 2.75) is 83.9 Å². The number of nitrogens with zero attached hydrogens (tertiary/aromatic N) is 7. The van der Waals surface area contributed by atoms with Gasteiger partial charge in [-0.1, -0.05) is 36.7 Å². The smallest absolute Gasteiger partial charge is 0.407 e. The molecule has 0 bridgehead atoms. The van der Waals surface area contributed by atoms with Gasteiger partial charge in [-0.3, -0.25) is 4.79 Å². The number of aryl methyl sites for hydroxylation is 1. The van der Waals surface area contributed by atoms with Crippen molar-refractivity contribution in [2.75, 3.05) is 43.0 Å². The fraction of sp³-hybridized carbons (Fsp3) is 0.562. The Morgan fingerprint density at radius 1 is 1.11 bits per heavy atom. The molecule has 1 unspecified atom stereocenters. The Hall–Kier alpha value is -4.29. The standard InChI is InChI=1S/C32H43FN8O4/c1-19(2)27-37-30(45-38-27)40-12-10-22(11-13-40)39(7)28(42)21-15-34-29(35-16-21)41-17-24(23-14-20(3)8-9-25(23)33)26(18-41)36-31(43)44-32(4,5)6/h8-9,14-16,19,22,24,26H,10-13,17-18H2,1-7H3,(H,36,43)/t24?,26-/m0/s1. The molecule has 4 heterocycles. The number of aromatic nitrogens is 4. The van der Waals surface area contributed by atoms with Crippen LogP contribution in [0.15, 0.2) is 35.1 Å². The summed E-state index contributed by atoms with van der Waals surface area (Å²) in [6, 6.07) is 5.10. The summed E-state index contributed by atoms with van der Waals surface area (Å²) in [6.45, 7) is 13.5. The molecule has 45 heavy (non-hydrogen) atoms. The van der Waals surface area contributed by atoms with E-state index in [9.17, 15) is 14.0 Å². The molecule has 0 saturated carbocycles. The van der Waals surface area contributed by atoms with Gasteiger partial charge in [-0.05, 0) is 52.2 Å². The lowest BCUT2D eigenvalue weighted by Crippen LogP contribution is -2.45. The van der Waals surface area contributed by atoms with Gasteiger partial charge in [-0.25, -0.2) is 19.2 Å². The largest absolute Gasteiger partial charge is 0.444 e. The molecular formula is C32H43FN8O4. The average Bonchev–Trinajstić information content (AvgIpc) is 3.65. The summed E-state index contributed by atoms with van der Waals surface area (Å²) in [7, 11) is 1.80. The van der Waals surface area contributed by atoms with Crippen molar-refractivity contribution in [1.29, 1.82) is 0 Å². The number of carbonyl (C=O) groups is 2. The van der Waals surface area contributed by atoms with Crippen molar-refractivity contribution < 1.29 is 23.2 Å². The molecule has 2 aliphatic heterocycles. The van der Waals surface area contributed by atoms with Gasteiger partial charge in [0, 0.05) is 63.5 Å². The van der Waals surface area contributed by atoms with E-state index in [1.54, 1.807) is 44.9 Å². The lowest BCUT2D eigenvalue weighted by molar-refractivity contribution is 0.0504. The Labute approximate surface area is 263 Å². The van der Waals surface area contributed by atoms with Gasteiger partial charge in [0.15, 0.2) is 5.82 Å². The van der Waals surface area contributed by atoms with Gasteiger partial charge >= 0.3 is 12.1 Å². The van der Waals surface area contributed by atoms with E-state index in [2.05, 4.69) is 30.3 Å². The number of rotatable bonds is 7. The van der Waals surface area contributed by atoms with Crippen LogP contribution in [0.2, 0.25) is 0 Å². The van der Waals surface area contributed by atoms with Crippen LogP contribution in [0.3, 0.4) is 0 Å². The summed E-state index contributed by atoms with van der Waals surface area (Å²) in [5, 5.41) is 6.98. The summed E-state index contributed by atoms with van der Waals surface area (Å²) in [4.78, 5) is 45.3. The van der Waals surface area contributed by atoms with Crippen LogP contribution in [0.1, 0.15) is 86.6 Å². The molecule has 0 spiro atoms. The van der Waals surface area contributed by atoms with E-state index in [0.717, 1.165) is 18.4 Å². The summed E-state index contributed by atoms with van der Waals surface area (Å²) < 4.78 is 25.9. The molecule has 1 aromatic carbocycles. The van der Waals surface area contributed by atoms with Crippen molar-refractivity contribution in [3.05, 3.63) is 58.9 Å². The van der Waals surface area contributed by atoms with Crippen molar-refractivity contribution in [2.24, 2.45) is 0 Å². The highest BCUT2D eigenvalue weighted by atomic mass is 19.1. The van der Waals surface area contributed by atoms with Crippen LogP contribution in [-0.2, 0) is 4.74 Å². The van der Waals surface area contributed by atoms with Crippen molar-refractivity contribution in [3.63, 3.8) is 0 Å². The van der Waals surface area contributed by atoms with E-state index >= 15 is 0 Å².